The number of rotatable bonds is 8. The number of amides is 1. The average molecular weight is 487 g/mol. The van der Waals surface area contributed by atoms with Gasteiger partial charge in [-0.25, -0.2) is 0 Å². The lowest BCUT2D eigenvalue weighted by molar-refractivity contribution is 0.0297. The highest BCUT2D eigenvalue weighted by Crippen LogP contribution is 2.30. The van der Waals surface area contributed by atoms with E-state index in [1.165, 1.54) is 16.8 Å². The normalized spacial score (nSPS) is 16.5. The van der Waals surface area contributed by atoms with Gasteiger partial charge in [0.15, 0.2) is 5.69 Å². The van der Waals surface area contributed by atoms with Gasteiger partial charge in [0, 0.05) is 62.9 Å². The van der Waals surface area contributed by atoms with Gasteiger partial charge in [-0.15, -0.1) is 0 Å². The van der Waals surface area contributed by atoms with Crippen LogP contribution in [0.1, 0.15) is 59.1 Å². The Morgan fingerprint density at radius 3 is 2.19 bits per heavy atom. The third-order valence-electron chi connectivity index (χ3n) is 7.48. The van der Waals surface area contributed by atoms with Crippen LogP contribution in [0.3, 0.4) is 0 Å². The first-order chi connectivity index (χ1) is 17.6. The molecule has 0 aliphatic carbocycles. The Hall–Kier alpha value is -2.96. The van der Waals surface area contributed by atoms with E-state index in [2.05, 4.69) is 84.1 Å². The van der Waals surface area contributed by atoms with Crippen LogP contribution in [0.15, 0.2) is 60.7 Å². The van der Waals surface area contributed by atoms with Crippen LogP contribution in [0.25, 0.3) is 0 Å². The van der Waals surface area contributed by atoms with E-state index in [4.69, 9.17) is 9.84 Å². The second-order valence-corrected chi connectivity index (χ2v) is 10.4. The summed E-state index contributed by atoms with van der Waals surface area (Å²) in [5.74, 6) is 0.937. The van der Waals surface area contributed by atoms with Gasteiger partial charge in [0.25, 0.3) is 5.91 Å². The zero-order valence-electron chi connectivity index (χ0n) is 21.6. The van der Waals surface area contributed by atoms with Crippen molar-refractivity contribution in [2.75, 3.05) is 39.4 Å². The van der Waals surface area contributed by atoms with Gasteiger partial charge in [0.05, 0.1) is 13.2 Å². The Bertz CT molecular complexity index is 1100. The summed E-state index contributed by atoms with van der Waals surface area (Å²) >= 11 is 0. The van der Waals surface area contributed by atoms with Gasteiger partial charge in [-0.2, -0.15) is 5.10 Å². The number of morpholine rings is 1. The van der Waals surface area contributed by atoms with Crippen LogP contribution < -0.4 is 0 Å². The van der Waals surface area contributed by atoms with E-state index in [0.717, 1.165) is 44.6 Å². The van der Waals surface area contributed by atoms with Crippen molar-refractivity contribution >= 4 is 5.91 Å². The third-order valence-corrected chi connectivity index (χ3v) is 7.48. The fourth-order valence-corrected chi connectivity index (χ4v) is 5.39. The van der Waals surface area contributed by atoms with Crippen LogP contribution >= 0.6 is 0 Å². The Kier molecular flexibility index (Phi) is 7.83. The predicted octanol–water partition coefficient (Wildman–Crippen LogP) is 4.59. The molecule has 0 saturated carbocycles. The molecule has 6 nitrogen and oxygen atoms in total. The number of nitrogens with zero attached hydrogens (tertiary/aromatic N) is 4. The van der Waals surface area contributed by atoms with Gasteiger partial charge < -0.3 is 9.64 Å². The molecule has 1 fully saturated rings. The number of carbonyl (C=O) groups is 1. The summed E-state index contributed by atoms with van der Waals surface area (Å²) in [4.78, 5) is 18.0. The van der Waals surface area contributed by atoms with Crippen LogP contribution in [0.4, 0.5) is 0 Å². The van der Waals surface area contributed by atoms with Crippen LogP contribution in [0.2, 0.25) is 0 Å². The molecule has 5 rings (SSSR count). The standard InChI is InChI=1S/C30H38N4O2/c1-23(2)13-16-34-28-14-15-32(22-27(28)29(31-34)30(35)33-17-19-36-20-18-33)21-26(24-9-5-3-6-10-24)25-11-7-4-8-12-25/h3-12,23,26H,13-22H2,1-2H3. The van der Waals surface area contributed by atoms with Gasteiger partial charge in [0.1, 0.15) is 0 Å². The maximum absolute atomic E-state index is 13.6. The van der Waals surface area contributed by atoms with E-state index in [1.807, 2.05) is 4.90 Å². The molecule has 0 atom stereocenters. The lowest BCUT2D eigenvalue weighted by Crippen LogP contribution is -2.41. The third kappa shape index (κ3) is 5.55. The number of hydrogen-bond donors (Lipinski definition) is 0. The fourth-order valence-electron chi connectivity index (χ4n) is 5.39. The van der Waals surface area contributed by atoms with Crippen molar-refractivity contribution < 1.29 is 9.53 Å². The van der Waals surface area contributed by atoms with Gasteiger partial charge in [-0.05, 0) is 23.5 Å². The van der Waals surface area contributed by atoms with Gasteiger partial charge in [-0.1, -0.05) is 74.5 Å². The molecule has 0 unspecified atom stereocenters. The molecular weight excluding hydrogens is 448 g/mol. The highest BCUT2D eigenvalue weighted by atomic mass is 16.5. The van der Waals surface area contributed by atoms with Crippen LogP contribution in [-0.4, -0.2) is 64.9 Å². The molecule has 1 saturated heterocycles. The summed E-state index contributed by atoms with van der Waals surface area (Å²) in [6.07, 6.45) is 1.99. The van der Waals surface area contributed by atoms with E-state index < -0.39 is 0 Å². The highest BCUT2D eigenvalue weighted by molar-refractivity contribution is 5.94. The van der Waals surface area contributed by atoms with Crippen LogP contribution in [0.5, 0.6) is 0 Å². The molecule has 0 bridgehead atoms. The van der Waals surface area contributed by atoms with E-state index in [0.29, 0.717) is 37.9 Å². The van der Waals surface area contributed by atoms with E-state index >= 15 is 0 Å². The van der Waals surface area contributed by atoms with E-state index in [-0.39, 0.29) is 11.8 Å². The number of fused-ring (bicyclic) bond motifs is 1. The van der Waals surface area contributed by atoms with Crippen molar-refractivity contribution in [2.45, 2.75) is 45.7 Å². The monoisotopic (exact) mass is 486 g/mol. The first kappa shape index (κ1) is 24.7. The van der Waals surface area contributed by atoms with Gasteiger partial charge in [-0.3, -0.25) is 14.4 Å². The summed E-state index contributed by atoms with van der Waals surface area (Å²) in [6.45, 7) is 10.5. The van der Waals surface area contributed by atoms with Gasteiger partial charge in [0.2, 0.25) is 0 Å². The van der Waals surface area contributed by atoms with E-state index in [1.54, 1.807) is 0 Å². The molecular formula is C30H38N4O2. The summed E-state index contributed by atoms with van der Waals surface area (Å²) in [6, 6.07) is 21.6. The lowest BCUT2D eigenvalue weighted by Gasteiger charge is -2.32. The molecule has 1 aromatic heterocycles. The molecule has 190 valence electrons. The molecule has 3 aromatic rings. The second-order valence-electron chi connectivity index (χ2n) is 10.4. The fraction of sp³-hybridized carbons (Fsp3) is 0.467. The number of ether oxygens (including phenoxy) is 1. The summed E-state index contributed by atoms with van der Waals surface area (Å²) in [5, 5.41) is 4.93. The topological polar surface area (TPSA) is 50.6 Å². The van der Waals surface area contributed by atoms with Crippen molar-refractivity contribution in [3.8, 4) is 0 Å². The number of aromatic nitrogens is 2. The largest absolute Gasteiger partial charge is 0.378 e. The maximum Gasteiger partial charge on any atom is 0.274 e. The minimum atomic E-state index is 0.0577. The first-order valence-corrected chi connectivity index (χ1v) is 13.4. The summed E-state index contributed by atoms with van der Waals surface area (Å²) in [7, 11) is 0. The molecule has 2 aromatic carbocycles. The number of carbonyl (C=O) groups excluding carboxylic acids is 1. The van der Waals surface area contributed by atoms with Gasteiger partial charge >= 0.3 is 0 Å². The Morgan fingerprint density at radius 2 is 1.58 bits per heavy atom. The molecule has 0 spiro atoms. The average Bonchev–Trinajstić information content (AvgIpc) is 3.29. The molecule has 2 aliphatic rings. The summed E-state index contributed by atoms with van der Waals surface area (Å²) in [5.41, 5.74) is 5.68. The number of benzene rings is 2. The van der Waals surface area contributed by atoms with E-state index in [9.17, 15) is 4.79 Å². The first-order valence-electron chi connectivity index (χ1n) is 13.4. The summed E-state index contributed by atoms with van der Waals surface area (Å²) < 4.78 is 7.62. The van der Waals surface area contributed by atoms with Crippen molar-refractivity contribution in [1.29, 1.82) is 0 Å². The quantitative estimate of drug-likeness (QED) is 0.467. The molecule has 6 heteroatoms. The minimum Gasteiger partial charge on any atom is -0.378 e. The maximum atomic E-state index is 13.6. The molecule has 0 radical (unpaired) electrons. The zero-order chi connectivity index (χ0) is 24.9. The van der Waals surface area contributed by atoms with Crippen LogP contribution in [0, 0.1) is 5.92 Å². The van der Waals surface area contributed by atoms with Crippen molar-refractivity contribution in [3.05, 3.63) is 88.7 Å². The Morgan fingerprint density at radius 1 is 0.944 bits per heavy atom. The smallest absolute Gasteiger partial charge is 0.274 e. The minimum absolute atomic E-state index is 0.0577. The van der Waals surface area contributed by atoms with Crippen molar-refractivity contribution in [1.82, 2.24) is 19.6 Å². The lowest BCUT2D eigenvalue weighted by atomic mass is 9.90. The predicted molar refractivity (Wildman–Crippen MR) is 142 cm³/mol. The molecule has 3 heterocycles. The molecule has 2 aliphatic heterocycles. The highest BCUT2D eigenvalue weighted by Gasteiger charge is 2.32. The number of aryl methyl sites for hydroxylation is 1. The van der Waals surface area contributed by atoms with Crippen LogP contribution in [-0.2, 0) is 24.2 Å². The molecule has 0 N–H and O–H groups in total. The Labute approximate surface area is 214 Å². The van der Waals surface area contributed by atoms with Crippen molar-refractivity contribution in [3.63, 3.8) is 0 Å². The molecule has 1 amide bonds. The second kappa shape index (κ2) is 11.4. The van der Waals surface area contributed by atoms with Crippen molar-refractivity contribution in [2.24, 2.45) is 5.92 Å². The Balaban J connectivity index is 1.42. The SMILES string of the molecule is CC(C)CCn1nc(C(=O)N2CCOCC2)c2c1CCN(CC(c1ccccc1)c1ccccc1)C2. The number of hydrogen-bond acceptors (Lipinski definition) is 4. The molecule has 36 heavy (non-hydrogen) atoms. The zero-order valence-corrected chi connectivity index (χ0v) is 21.6.